The highest BCUT2D eigenvalue weighted by molar-refractivity contribution is 8.17. The van der Waals surface area contributed by atoms with Gasteiger partial charge in [-0.25, -0.2) is 9.78 Å². The lowest BCUT2D eigenvalue weighted by Gasteiger charge is -2.31. The molecule has 14 heteroatoms. The second kappa shape index (κ2) is 16.2. The van der Waals surface area contributed by atoms with E-state index in [9.17, 15) is 19.7 Å². The van der Waals surface area contributed by atoms with Crippen LogP contribution in [0.25, 0.3) is 39.5 Å². The number of aryl methyl sites for hydroxylation is 1. The van der Waals surface area contributed by atoms with E-state index in [0.29, 0.717) is 29.0 Å². The first-order chi connectivity index (χ1) is 25.2. The van der Waals surface area contributed by atoms with Crippen LogP contribution in [0.3, 0.4) is 0 Å². The minimum Gasteiger partial charge on any atom is -0.493 e. The van der Waals surface area contributed by atoms with Crippen LogP contribution in [0.2, 0.25) is 0 Å². The fourth-order valence-corrected chi connectivity index (χ4v) is 9.58. The number of likely N-dealkylation sites (tertiary alicyclic amines) is 1. The summed E-state index contributed by atoms with van der Waals surface area (Å²) in [5, 5.41) is 13.4. The van der Waals surface area contributed by atoms with E-state index in [4.69, 9.17) is 19.2 Å². The number of nitro benzene ring substituents is 1. The highest BCUT2D eigenvalue weighted by Gasteiger charge is 2.38. The molecule has 5 aromatic rings. The van der Waals surface area contributed by atoms with Crippen LogP contribution >= 0.6 is 23.5 Å². The topological polar surface area (TPSA) is 131 Å². The Hall–Kier alpha value is -4.95. The molecule has 1 amide bonds. The van der Waals surface area contributed by atoms with Crippen LogP contribution in [0.15, 0.2) is 66.9 Å². The van der Waals surface area contributed by atoms with Crippen LogP contribution in [-0.2, 0) is 11.8 Å². The molecule has 12 nitrogen and oxygen atoms in total. The predicted octanol–water partition coefficient (Wildman–Crippen LogP) is 7.89. The summed E-state index contributed by atoms with van der Waals surface area (Å²) < 4.78 is 20.7. The van der Waals surface area contributed by atoms with Crippen molar-refractivity contribution in [1.29, 1.82) is 0 Å². The third-order valence-corrected chi connectivity index (χ3v) is 11.9. The Kier molecular flexibility index (Phi) is 11.4. The molecular weight excluding hydrogens is 703 g/mol. The van der Waals surface area contributed by atoms with Crippen molar-refractivity contribution in [2.75, 3.05) is 38.9 Å². The molecule has 1 aliphatic heterocycles. The number of amides is 1. The Morgan fingerprint density at radius 1 is 1.06 bits per heavy atom. The molecule has 0 spiro atoms. The van der Waals surface area contributed by atoms with Crippen molar-refractivity contribution in [1.82, 2.24) is 19.0 Å². The highest BCUT2D eigenvalue weighted by Crippen LogP contribution is 2.40. The second-order valence-corrected chi connectivity index (χ2v) is 15.3. The maximum Gasteiger partial charge on any atom is 0.337 e. The summed E-state index contributed by atoms with van der Waals surface area (Å²) in [7, 11) is 4.75. The van der Waals surface area contributed by atoms with Crippen molar-refractivity contribution >= 4 is 69.2 Å². The first-order valence-electron chi connectivity index (χ1n) is 17.0. The average Bonchev–Trinajstić information content (AvgIpc) is 3.88. The van der Waals surface area contributed by atoms with Crippen LogP contribution in [0.1, 0.15) is 47.4 Å². The summed E-state index contributed by atoms with van der Waals surface area (Å²) in [6.07, 6.45) is 7.25. The smallest absolute Gasteiger partial charge is 0.337 e. The van der Waals surface area contributed by atoms with Gasteiger partial charge in [-0.05, 0) is 54.7 Å². The zero-order valence-electron chi connectivity index (χ0n) is 29.7. The minimum atomic E-state index is -0.549. The van der Waals surface area contributed by atoms with Gasteiger partial charge in [0.2, 0.25) is 0 Å². The molecule has 1 fully saturated rings. The number of nitrogens with zero attached hydrogens (tertiary/aromatic N) is 5. The molecule has 1 aliphatic rings. The first kappa shape index (κ1) is 36.8. The molecule has 0 radical (unpaired) electrons. The van der Waals surface area contributed by atoms with Gasteiger partial charge in [-0.3, -0.25) is 19.5 Å². The van der Waals surface area contributed by atoms with Crippen molar-refractivity contribution < 1.29 is 28.7 Å². The SMILES string of the molecule is CCSC(SCC)[C@@H]1CCCN1C(=O)c1cc(OC)c(OC/C=C/n2c(-c3cn(C)c4ccccc34)nc3ccc(C(=O)OC)cc32)cc1[N+](=O)[O-]. The third kappa shape index (κ3) is 7.22. The Labute approximate surface area is 310 Å². The molecule has 0 N–H and O–H groups in total. The van der Waals surface area contributed by atoms with Crippen molar-refractivity contribution in [3.05, 3.63) is 88.1 Å². The van der Waals surface area contributed by atoms with Crippen LogP contribution in [0.5, 0.6) is 11.5 Å². The Morgan fingerprint density at radius 2 is 1.83 bits per heavy atom. The lowest BCUT2D eigenvalue weighted by molar-refractivity contribution is -0.385. The molecule has 1 atom stereocenters. The molecule has 1 saturated heterocycles. The van der Waals surface area contributed by atoms with Crippen LogP contribution in [0, 0.1) is 10.1 Å². The van der Waals surface area contributed by atoms with Crippen molar-refractivity contribution in [3.8, 4) is 22.9 Å². The molecule has 3 aromatic carbocycles. The van der Waals surface area contributed by atoms with Crippen molar-refractivity contribution in [2.24, 2.45) is 7.05 Å². The number of benzene rings is 3. The maximum absolute atomic E-state index is 13.9. The second-order valence-electron chi connectivity index (χ2n) is 12.1. The molecule has 0 bridgehead atoms. The average molecular weight is 744 g/mol. The number of carbonyl (C=O) groups is 2. The molecule has 52 heavy (non-hydrogen) atoms. The zero-order valence-corrected chi connectivity index (χ0v) is 31.4. The van der Waals surface area contributed by atoms with Gasteiger partial charge in [-0.2, -0.15) is 0 Å². The summed E-state index contributed by atoms with van der Waals surface area (Å²) in [6.45, 7) is 4.74. The number of hydrogen-bond acceptors (Lipinski definition) is 10. The van der Waals surface area contributed by atoms with Crippen LogP contribution in [0.4, 0.5) is 5.69 Å². The third-order valence-electron chi connectivity index (χ3n) is 9.08. The number of nitro groups is 1. The minimum absolute atomic E-state index is 0.00448. The van der Waals surface area contributed by atoms with Gasteiger partial charge < -0.3 is 23.7 Å². The summed E-state index contributed by atoms with van der Waals surface area (Å²) >= 11 is 3.61. The van der Waals surface area contributed by atoms with E-state index in [1.807, 2.05) is 46.6 Å². The van der Waals surface area contributed by atoms with Crippen LogP contribution in [-0.4, -0.2) is 85.3 Å². The van der Waals surface area contributed by atoms with Gasteiger partial charge >= 0.3 is 5.97 Å². The summed E-state index contributed by atoms with van der Waals surface area (Å²) in [5.41, 5.74) is 3.29. The molecular formula is C38H41N5O7S2. The Balaban J connectivity index is 1.32. The quantitative estimate of drug-likeness (QED) is 0.0479. The molecule has 2 aromatic heterocycles. The first-order valence-corrected chi connectivity index (χ1v) is 19.1. The largest absolute Gasteiger partial charge is 0.493 e. The number of fused-ring (bicyclic) bond motifs is 2. The Morgan fingerprint density at radius 3 is 2.54 bits per heavy atom. The van der Waals surface area contributed by atoms with E-state index >= 15 is 0 Å². The van der Waals surface area contributed by atoms with Gasteiger partial charge in [0.15, 0.2) is 11.5 Å². The molecule has 6 rings (SSSR count). The van der Waals surface area contributed by atoms with Gasteiger partial charge in [0.05, 0.1) is 52.4 Å². The van der Waals surface area contributed by atoms with Crippen molar-refractivity contribution in [2.45, 2.75) is 37.3 Å². The van der Waals surface area contributed by atoms with Gasteiger partial charge in [0, 0.05) is 48.5 Å². The predicted molar refractivity (Wildman–Crippen MR) is 208 cm³/mol. The van der Waals surface area contributed by atoms with E-state index in [1.54, 1.807) is 58.9 Å². The molecule has 0 unspecified atom stereocenters. The van der Waals surface area contributed by atoms with Gasteiger partial charge in [-0.1, -0.05) is 32.0 Å². The monoisotopic (exact) mass is 743 g/mol. The van der Waals surface area contributed by atoms with E-state index in [0.717, 1.165) is 40.8 Å². The van der Waals surface area contributed by atoms with Crippen molar-refractivity contribution in [3.63, 3.8) is 0 Å². The molecule has 272 valence electrons. The zero-order chi connectivity index (χ0) is 36.9. The number of ether oxygens (including phenoxy) is 3. The highest BCUT2D eigenvalue weighted by atomic mass is 32.2. The fraction of sp³-hybridized carbons (Fsp3) is 0.342. The summed E-state index contributed by atoms with van der Waals surface area (Å²) in [6, 6.07) is 15.9. The number of esters is 1. The van der Waals surface area contributed by atoms with E-state index in [-0.39, 0.29) is 45.9 Å². The van der Waals surface area contributed by atoms with Gasteiger partial charge in [0.25, 0.3) is 11.6 Å². The number of rotatable bonds is 14. The maximum atomic E-state index is 13.9. The lowest BCUT2D eigenvalue weighted by atomic mass is 10.1. The summed E-state index contributed by atoms with van der Waals surface area (Å²) in [5.74, 6) is 1.99. The number of hydrogen-bond donors (Lipinski definition) is 0. The van der Waals surface area contributed by atoms with E-state index in [2.05, 4.69) is 13.8 Å². The number of methoxy groups -OCH3 is 2. The summed E-state index contributed by atoms with van der Waals surface area (Å²) in [4.78, 5) is 44.9. The normalized spacial score (nSPS) is 14.6. The number of carbonyl (C=O) groups excluding carboxylic acids is 2. The van der Waals surface area contributed by atoms with Gasteiger partial charge in [-0.15, -0.1) is 23.5 Å². The number of thioether (sulfide) groups is 2. The van der Waals surface area contributed by atoms with Crippen LogP contribution < -0.4 is 9.47 Å². The lowest BCUT2D eigenvalue weighted by Crippen LogP contribution is -2.41. The van der Waals surface area contributed by atoms with Gasteiger partial charge in [0.1, 0.15) is 18.0 Å². The Bertz CT molecular complexity index is 2150. The standard InChI is InChI=1S/C38H41N5O7S2/c1-6-51-38(52-7-2)30-14-10-17-42(30)36(44)26-21-33(48-4)34(22-31(26)43(46)47)50-19-11-18-41-32-20-24(37(45)49-5)15-16-28(32)39-35(41)27-23-40(3)29-13-9-8-12-25(27)29/h8-9,11-13,15-16,18,20-23,30,38H,6-7,10,14,17,19H2,1-5H3/b18-11+/t30-/m0/s1. The van der Waals surface area contributed by atoms with E-state index in [1.165, 1.54) is 26.4 Å². The molecule has 0 aliphatic carbocycles. The van der Waals surface area contributed by atoms with E-state index < -0.39 is 10.9 Å². The number of imidazole rings is 1. The molecule has 3 heterocycles. The fourth-order valence-electron chi connectivity index (χ4n) is 6.71. The number of aromatic nitrogens is 3. The molecule has 0 saturated carbocycles. The number of para-hydroxylation sites is 1.